The second kappa shape index (κ2) is 3.72. The first kappa shape index (κ1) is 12.4. The minimum Gasteiger partial charge on any atom is -0.481 e. The van der Waals surface area contributed by atoms with Gasteiger partial charge in [-0.15, -0.1) is 0 Å². The van der Waals surface area contributed by atoms with Gasteiger partial charge in [-0.3, -0.25) is 9.59 Å². The van der Waals surface area contributed by atoms with Crippen LogP contribution in [0, 0.1) is 16.7 Å². The Hall–Kier alpha value is -1.06. The highest BCUT2D eigenvalue weighted by atomic mass is 16.5. The van der Waals surface area contributed by atoms with Gasteiger partial charge in [-0.05, 0) is 30.6 Å². The number of hydrogen-bond acceptors (Lipinski definition) is 3. The molecule has 0 unspecified atom stereocenters. The zero-order valence-electron chi connectivity index (χ0n) is 10.7. The molecule has 0 heterocycles. The third-order valence-corrected chi connectivity index (χ3v) is 5.28. The van der Waals surface area contributed by atoms with Crippen LogP contribution in [0.3, 0.4) is 0 Å². The zero-order chi connectivity index (χ0) is 12.8. The smallest absolute Gasteiger partial charge is 0.317 e. The van der Waals surface area contributed by atoms with Crippen LogP contribution in [0.1, 0.15) is 46.5 Å². The van der Waals surface area contributed by atoms with E-state index in [1.807, 2.05) is 0 Å². The van der Waals surface area contributed by atoms with Crippen molar-refractivity contribution in [3.05, 3.63) is 0 Å². The third-order valence-electron chi connectivity index (χ3n) is 5.28. The van der Waals surface area contributed by atoms with Gasteiger partial charge < -0.3 is 9.84 Å². The molecule has 4 heteroatoms. The normalized spacial score (nSPS) is 38.1. The molecule has 3 atom stereocenters. The van der Waals surface area contributed by atoms with Gasteiger partial charge in [0.05, 0.1) is 0 Å². The Kier molecular flexibility index (Phi) is 2.71. The van der Waals surface area contributed by atoms with Gasteiger partial charge in [0.25, 0.3) is 0 Å². The fraction of sp³-hybridized carbons (Fsp3) is 0.846. The number of carbonyl (C=O) groups is 2. The van der Waals surface area contributed by atoms with E-state index < -0.39 is 18.4 Å². The number of aliphatic carboxylic acids is 1. The van der Waals surface area contributed by atoms with Crippen molar-refractivity contribution in [2.24, 2.45) is 16.7 Å². The molecule has 0 radical (unpaired) electrons. The van der Waals surface area contributed by atoms with Crippen LogP contribution in [0.2, 0.25) is 0 Å². The van der Waals surface area contributed by atoms with Gasteiger partial charge in [0.1, 0.15) is 12.5 Å². The summed E-state index contributed by atoms with van der Waals surface area (Å²) in [6.45, 7) is 6.63. The van der Waals surface area contributed by atoms with Crippen LogP contribution in [0.15, 0.2) is 0 Å². The van der Waals surface area contributed by atoms with E-state index in [4.69, 9.17) is 9.84 Å². The highest BCUT2D eigenvalue weighted by Gasteiger charge is 2.62. The summed E-state index contributed by atoms with van der Waals surface area (Å²) in [5, 5.41) is 8.56. The molecule has 2 aliphatic rings. The van der Waals surface area contributed by atoms with E-state index in [1.165, 1.54) is 6.42 Å². The summed E-state index contributed by atoms with van der Waals surface area (Å²) in [6, 6.07) is 0. The van der Waals surface area contributed by atoms with Gasteiger partial charge >= 0.3 is 11.9 Å². The number of fused-ring (bicyclic) bond motifs is 2. The average molecular weight is 240 g/mol. The predicted molar refractivity (Wildman–Crippen MR) is 61.4 cm³/mol. The lowest BCUT2D eigenvalue weighted by Gasteiger charge is -2.38. The minimum absolute atomic E-state index is 0.00578. The van der Waals surface area contributed by atoms with Crippen molar-refractivity contribution in [2.75, 3.05) is 0 Å². The van der Waals surface area contributed by atoms with E-state index in [9.17, 15) is 9.59 Å². The van der Waals surface area contributed by atoms with Crippen molar-refractivity contribution in [2.45, 2.75) is 52.6 Å². The molecule has 2 saturated carbocycles. The number of hydrogen-bond donors (Lipinski definition) is 1. The minimum atomic E-state index is -1.12. The molecule has 0 spiro atoms. The second-order valence-electron chi connectivity index (χ2n) is 6.16. The number of carbonyl (C=O) groups excluding carboxylic acids is 1. The first-order valence-electron chi connectivity index (χ1n) is 6.18. The number of esters is 1. The van der Waals surface area contributed by atoms with Crippen molar-refractivity contribution in [3.63, 3.8) is 0 Å². The van der Waals surface area contributed by atoms with Gasteiger partial charge in [-0.25, -0.2) is 0 Å². The summed E-state index contributed by atoms with van der Waals surface area (Å²) < 4.78 is 5.37. The van der Waals surface area contributed by atoms with E-state index in [1.54, 1.807) is 0 Å². The van der Waals surface area contributed by atoms with Crippen LogP contribution < -0.4 is 0 Å². The molecule has 17 heavy (non-hydrogen) atoms. The molecule has 0 amide bonds. The van der Waals surface area contributed by atoms with E-state index in [2.05, 4.69) is 20.8 Å². The van der Waals surface area contributed by atoms with Gasteiger partial charge in [-0.1, -0.05) is 20.8 Å². The predicted octanol–water partition coefficient (Wildman–Crippen LogP) is 2.22. The Morgan fingerprint density at radius 3 is 2.41 bits per heavy atom. The Bertz CT molecular complexity index is 360. The van der Waals surface area contributed by atoms with E-state index in [0.29, 0.717) is 5.92 Å². The maximum Gasteiger partial charge on any atom is 0.317 e. The summed E-state index contributed by atoms with van der Waals surface area (Å²) in [5.74, 6) is -1.13. The quantitative estimate of drug-likeness (QED) is 0.607. The van der Waals surface area contributed by atoms with Gasteiger partial charge in [0.15, 0.2) is 0 Å². The molecule has 96 valence electrons. The van der Waals surface area contributed by atoms with Crippen LogP contribution in [0.5, 0.6) is 0 Å². The largest absolute Gasteiger partial charge is 0.481 e. The summed E-state index contributed by atoms with van der Waals surface area (Å²) in [6.07, 6.45) is 2.50. The Morgan fingerprint density at radius 2 is 2.00 bits per heavy atom. The number of carboxylic acids is 1. The zero-order valence-corrected chi connectivity index (χ0v) is 10.7. The molecule has 2 fully saturated rings. The van der Waals surface area contributed by atoms with Gasteiger partial charge in [0.2, 0.25) is 0 Å². The van der Waals surface area contributed by atoms with Crippen molar-refractivity contribution in [3.8, 4) is 0 Å². The highest BCUT2D eigenvalue weighted by Crippen LogP contribution is 2.66. The fourth-order valence-corrected chi connectivity index (χ4v) is 3.63. The first-order chi connectivity index (χ1) is 7.77. The molecule has 2 aliphatic carbocycles. The van der Waals surface area contributed by atoms with Crippen LogP contribution in [0.4, 0.5) is 0 Å². The molecule has 2 bridgehead atoms. The monoisotopic (exact) mass is 240 g/mol. The number of ether oxygens (including phenoxy) is 1. The van der Waals surface area contributed by atoms with Crippen molar-refractivity contribution >= 4 is 11.9 Å². The highest BCUT2D eigenvalue weighted by molar-refractivity contribution is 5.90. The Morgan fingerprint density at radius 1 is 1.35 bits per heavy atom. The Balaban J connectivity index is 2.06. The lowest BCUT2D eigenvalue weighted by molar-refractivity contribution is -0.161. The molecule has 1 N–H and O–H groups in total. The van der Waals surface area contributed by atoms with Gasteiger partial charge in [0, 0.05) is 5.41 Å². The van der Waals surface area contributed by atoms with E-state index >= 15 is 0 Å². The summed E-state index contributed by atoms with van der Waals surface area (Å²) in [5.41, 5.74) is 0.188. The SMILES string of the molecule is CC1(C)[C@H]2CC[C@]1(C)[C@@H](OC(=O)CC(=O)O)C2. The molecule has 0 aromatic carbocycles. The van der Waals surface area contributed by atoms with Crippen LogP contribution in [-0.2, 0) is 14.3 Å². The van der Waals surface area contributed by atoms with Crippen molar-refractivity contribution < 1.29 is 19.4 Å². The lowest BCUT2D eigenvalue weighted by Crippen LogP contribution is -2.38. The molecular weight excluding hydrogens is 220 g/mol. The van der Waals surface area contributed by atoms with Crippen LogP contribution >= 0.6 is 0 Å². The summed E-state index contributed by atoms with van der Waals surface area (Å²) in [7, 11) is 0. The number of rotatable bonds is 3. The fourth-order valence-electron chi connectivity index (χ4n) is 3.63. The molecular formula is C13H20O4. The lowest BCUT2D eigenvalue weighted by atomic mass is 9.70. The molecule has 2 rings (SSSR count). The van der Waals surface area contributed by atoms with Crippen LogP contribution in [-0.4, -0.2) is 23.1 Å². The van der Waals surface area contributed by atoms with Crippen LogP contribution in [0.25, 0.3) is 0 Å². The Labute approximate surface area is 101 Å². The van der Waals surface area contributed by atoms with Gasteiger partial charge in [-0.2, -0.15) is 0 Å². The molecule has 0 saturated heterocycles. The molecule has 0 aliphatic heterocycles. The average Bonchev–Trinajstić information content (AvgIpc) is 2.49. The van der Waals surface area contributed by atoms with E-state index in [-0.39, 0.29) is 16.9 Å². The maximum atomic E-state index is 11.4. The summed E-state index contributed by atoms with van der Waals surface area (Å²) in [4.78, 5) is 21.9. The third kappa shape index (κ3) is 1.74. The van der Waals surface area contributed by atoms with Crippen molar-refractivity contribution in [1.29, 1.82) is 0 Å². The molecule has 0 aromatic heterocycles. The molecule has 4 nitrogen and oxygen atoms in total. The number of carboxylic acid groups (broad SMARTS) is 1. The standard InChI is InChI=1S/C13H20O4/c1-12(2)8-4-5-13(12,3)9(6-8)17-11(16)7-10(14)15/h8-9H,4-7H2,1-3H3,(H,14,15)/t8-,9-,13+/m0/s1. The first-order valence-corrected chi connectivity index (χ1v) is 6.18. The summed E-state index contributed by atoms with van der Waals surface area (Å²) >= 11 is 0. The van der Waals surface area contributed by atoms with Crippen molar-refractivity contribution in [1.82, 2.24) is 0 Å². The topological polar surface area (TPSA) is 63.6 Å². The maximum absolute atomic E-state index is 11.4. The molecule has 0 aromatic rings. The second-order valence-corrected chi connectivity index (χ2v) is 6.16. The van der Waals surface area contributed by atoms with E-state index in [0.717, 1.165) is 12.8 Å².